The summed E-state index contributed by atoms with van der Waals surface area (Å²) in [5.41, 5.74) is 2.11. The number of piperazine rings is 1. The Morgan fingerprint density at radius 3 is 2.19 bits per heavy atom. The van der Waals surface area contributed by atoms with Crippen LogP contribution in [0.4, 0.5) is 10.5 Å². The Morgan fingerprint density at radius 2 is 1.39 bits per heavy atom. The van der Waals surface area contributed by atoms with Crippen molar-refractivity contribution in [2.45, 2.75) is 6.54 Å². The molecule has 0 saturated carbocycles. The Hall–Kier alpha value is -3.22. The Bertz CT molecular complexity index is 1090. The van der Waals surface area contributed by atoms with Gasteiger partial charge in [0.15, 0.2) is 0 Å². The molecule has 2 heterocycles. The van der Waals surface area contributed by atoms with E-state index in [-0.39, 0.29) is 18.5 Å². The van der Waals surface area contributed by atoms with Crippen LogP contribution in [0.5, 0.6) is 0 Å². The van der Waals surface area contributed by atoms with Gasteiger partial charge in [-0.25, -0.2) is 9.69 Å². The van der Waals surface area contributed by atoms with Gasteiger partial charge in [-0.1, -0.05) is 60.7 Å². The van der Waals surface area contributed by atoms with Crippen LogP contribution in [0.3, 0.4) is 0 Å². The average Bonchev–Trinajstić information content (AvgIpc) is 3.09. The third kappa shape index (κ3) is 4.04. The number of carbonyl (C=O) groups excluding carboxylic acids is 2. The van der Waals surface area contributed by atoms with Crippen LogP contribution in [0, 0.1) is 0 Å². The fraction of sp³-hybridized carbons (Fsp3) is 0.280. The minimum absolute atomic E-state index is 0.115. The number of fused-ring (bicyclic) bond motifs is 1. The molecule has 6 nitrogen and oxygen atoms in total. The Balaban J connectivity index is 1.18. The van der Waals surface area contributed by atoms with E-state index in [9.17, 15) is 9.59 Å². The molecule has 5 rings (SSSR count). The van der Waals surface area contributed by atoms with Gasteiger partial charge in [-0.05, 0) is 28.5 Å². The highest BCUT2D eigenvalue weighted by Crippen LogP contribution is 2.22. The maximum absolute atomic E-state index is 12.8. The molecule has 158 valence electrons. The van der Waals surface area contributed by atoms with Crippen LogP contribution in [0.2, 0.25) is 0 Å². The quantitative estimate of drug-likeness (QED) is 0.601. The summed E-state index contributed by atoms with van der Waals surface area (Å²) >= 11 is 0. The summed E-state index contributed by atoms with van der Waals surface area (Å²) in [6, 6.07) is 24.1. The second kappa shape index (κ2) is 8.49. The molecule has 3 aromatic carbocycles. The SMILES string of the molecule is O=C1CN(c2ccccc2)C(=O)N1CN1CCN(Cc2cccc3ccccc23)CC1. The monoisotopic (exact) mass is 414 g/mol. The number of anilines is 1. The van der Waals surface area contributed by atoms with E-state index < -0.39 is 0 Å². The van der Waals surface area contributed by atoms with Gasteiger partial charge in [-0.3, -0.25) is 19.5 Å². The van der Waals surface area contributed by atoms with Crippen molar-refractivity contribution < 1.29 is 9.59 Å². The molecule has 0 spiro atoms. The summed E-state index contributed by atoms with van der Waals surface area (Å²) in [6.45, 7) is 4.91. The highest BCUT2D eigenvalue weighted by atomic mass is 16.2. The number of rotatable bonds is 5. The standard InChI is InChI=1S/C25H26N4O2/c30-24-18-28(22-10-2-1-3-11-22)25(31)29(24)19-27-15-13-26(14-16-27)17-21-9-6-8-20-7-4-5-12-23(20)21/h1-12H,13-19H2. The highest BCUT2D eigenvalue weighted by molar-refractivity contribution is 6.12. The highest BCUT2D eigenvalue weighted by Gasteiger charge is 2.38. The van der Waals surface area contributed by atoms with Gasteiger partial charge >= 0.3 is 6.03 Å². The number of carbonyl (C=O) groups is 2. The molecule has 2 fully saturated rings. The maximum atomic E-state index is 12.8. The van der Waals surface area contributed by atoms with E-state index in [1.54, 1.807) is 4.90 Å². The van der Waals surface area contributed by atoms with Crippen LogP contribution in [-0.4, -0.2) is 66.0 Å². The molecular formula is C25H26N4O2. The molecule has 0 N–H and O–H groups in total. The molecule has 0 radical (unpaired) electrons. The lowest BCUT2D eigenvalue weighted by Crippen LogP contribution is -2.51. The number of imide groups is 1. The summed E-state index contributed by atoms with van der Waals surface area (Å²) in [5, 5.41) is 2.58. The van der Waals surface area contributed by atoms with E-state index in [0.29, 0.717) is 6.67 Å². The number of amides is 3. The van der Waals surface area contributed by atoms with Crippen LogP contribution in [0.15, 0.2) is 72.8 Å². The molecule has 6 heteroatoms. The molecular weight excluding hydrogens is 388 g/mol. The van der Waals surface area contributed by atoms with E-state index in [1.807, 2.05) is 30.3 Å². The molecule has 31 heavy (non-hydrogen) atoms. The fourth-order valence-corrected chi connectivity index (χ4v) is 4.45. The average molecular weight is 415 g/mol. The smallest absolute Gasteiger partial charge is 0.297 e. The molecule has 3 aromatic rings. The van der Waals surface area contributed by atoms with Crippen LogP contribution in [-0.2, 0) is 11.3 Å². The minimum Gasteiger partial charge on any atom is -0.297 e. The third-order valence-electron chi connectivity index (χ3n) is 6.20. The zero-order chi connectivity index (χ0) is 21.2. The van der Waals surface area contributed by atoms with Crippen molar-refractivity contribution in [1.29, 1.82) is 0 Å². The Labute approximate surface area is 182 Å². The molecule has 3 amide bonds. The van der Waals surface area contributed by atoms with Crippen LogP contribution in [0.1, 0.15) is 5.56 Å². The van der Waals surface area contributed by atoms with Gasteiger partial charge < -0.3 is 0 Å². The Morgan fingerprint density at radius 1 is 0.710 bits per heavy atom. The summed E-state index contributed by atoms with van der Waals surface area (Å²) in [6.07, 6.45) is 0. The zero-order valence-corrected chi connectivity index (χ0v) is 17.5. The first-order valence-electron chi connectivity index (χ1n) is 10.8. The number of nitrogens with zero attached hydrogens (tertiary/aromatic N) is 4. The third-order valence-corrected chi connectivity index (χ3v) is 6.20. The van der Waals surface area contributed by atoms with E-state index in [4.69, 9.17) is 0 Å². The van der Waals surface area contributed by atoms with Gasteiger partial charge in [0, 0.05) is 38.4 Å². The molecule has 0 aromatic heterocycles. The summed E-state index contributed by atoms with van der Waals surface area (Å²) in [5.74, 6) is -0.132. The van der Waals surface area contributed by atoms with Gasteiger partial charge in [0.25, 0.3) is 5.91 Å². The van der Waals surface area contributed by atoms with Crippen molar-refractivity contribution in [3.8, 4) is 0 Å². The van der Waals surface area contributed by atoms with Gasteiger partial charge in [0.2, 0.25) is 0 Å². The summed E-state index contributed by atoms with van der Waals surface area (Å²) in [7, 11) is 0. The molecule has 0 bridgehead atoms. The summed E-state index contributed by atoms with van der Waals surface area (Å²) < 4.78 is 0. The van der Waals surface area contributed by atoms with Crippen molar-refractivity contribution in [3.05, 3.63) is 78.4 Å². The van der Waals surface area contributed by atoms with Crippen molar-refractivity contribution in [1.82, 2.24) is 14.7 Å². The van der Waals surface area contributed by atoms with Crippen molar-refractivity contribution in [2.75, 3.05) is 44.3 Å². The van der Waals surface area contributed by atoms with Gasteiger partial charge in [0.05, 0.1) is 6.67 Å². The molecule has 0 aliphatic carbocycles. The molecule has 2 aliphatic rings. The van der Waals surface area contributed by atoms with Crippen molar-refractivity contribution in [2.24, 2.45) is 0 Å². The Kier molecular flexibility index (Phi) is 5.40. The van der Waals surface area contributed by atoms with Crippen molar-refractivity contribution in [3.63, 3.8) is 0 Å². The van der Waals surface area contributed by atoms with Gasteiger partial charge in [0.1, 0.15) is 6.54 Å². The molecule has 2 aliphatic heterocycles. The molecule has 0 unspecified atom stereocenters. The van der Waals surface area contributed by atoms with E-state index >= 15 is 0 Å². The van der Waals surface area contributed by atoms with Gasteiger partial charge in [-0.15, -0.1) is 0 Å². The van der Waals surface area contributed by atoms with E-state index in [0.717, 1.165) is 38.4 Å². The van der Waals surface area contributed by atoms with Crippen LogP contribution in [0.25, 0.3) is 10.8 Å². The van der Waals surface area contributed by atoms with E-state index in [1.165, 1.54) is 21.2 Å². The maximum Gasteiger partial charge on any atom is 0.332 e. The lowest BCUT2D eigenvalue weighted by Gasteiger charge is -2.36. The largest absolute Gasteiger partial charge is 0.332 e. The number of para-hydroxylation sites is 1. The number of hydrogen-bond donors (Lipinski definition) is 0. The number of urea groups is 1. The first-order chi connectivity index (χ1) is 15.2. The lowest BCUT2D eigenvalue weighted by molar-refractivity contribution is -0.126. The predicted octanol–water partition coefficient (Wildman–Crippen LogP) is 3.38. The van der Waals surface area contributed by atoms with Crippen LogP contribution < -0.4 is 4.90 Å². The second-order valence-electron chi connectivity index (χ2n) is 8.20. The molecule has 0 atom stereocenters. The topological polar surface area (TPSA) is 47.1 Å². The fourth-order valence-electron chi connectivity index (χ4n) is 4.45. The second-order valence-corrected chi connectivity index (χ2v) is 8.20. The predicted molar refractivity (Wildman–Crippen MR) is 122 cm³/mol. The number of hydrogen-bond acceptors (Lipinski definition) is 4. The normalized spacial score (nSPS) is 18.3. The van der Waals surface area contributed by atoms with Gasteiger partial charge in [-0.2, -0.15) is 0 Å². The van der Waals surface area contributed by atoms with Crippen LogP contribution >= 0.6 is 0 Å². The van der Waals surface area contributed by atoms with Crippen molar-refractivity contribution >= 4 is 28.4 Å². The minimum atomic E-state index is -0.227. The number of benzene rings is 3. The summed E-state index contributed by atoms with van der Waals surface area (Å²) in [4.78, 5) is 32.9. The lowest BCUT2D eigenvalue weighted by atomic mass is 10.0. The first kappa shape index (κ1) is 19.7. The van der Waals surface area contributed by atoms with E-state index in [2.05, 4.69) is 52.3 Å². The zero-order valence-electron chi connectivity index (χ0n) is 17.5. The first-order valence-corrected chi connectivity index (χ1v) is 10.8. The molecule has 2 saturated heterocycles.